The highest BCUT2D eigenvalue weighted by molar-refractivity contribution is 6.03. The van der Waals surface area contributed by atoms with Gasteiger partial charge < -0.3 is 20.0 Å². The van der Waals surface area contributed by atoms with Crippen molar-refractivity contribution >= 4 is 29.2 Å². The lowest BCUT2D eigenvalue weighted by Gasteiger charge is -2.32. The second-order valence-corrected chi connectivity index (χ2v) is 7.76. The lowest BCUT2D eigenvalue weighted by atomic mass is 9.96. The Morgan fingerprint density at radius 3 is 2.69 bits per heavy atom. The molecule has 3 amide bonds. The van der Waals surface area contributed by atoms with E-state index in [1.54, 1.807) is 47.4 Å². The normalized spacial score (nSPS) is 15.8. The van der Waals surface area contributed by atoms with Gasteiger partial charge >= 0.3 is 0 Å². The summed E-state index contributed by atoms with van der Waals surface area (Å²) in [5, 5.41) is 5.58. The molecule has 0 bridgehead atoms. The number of benzene rings is 1. The molecule has 1 fully saturated rings. The highest BCUT2D eigenvalue weighted by atomic mass is 16.3. The van der Waals surface area contributed by atoms with E-state index in [-0.39, 0.29) is 29.4 Å². The fraction of sp³-hybridized carbons (Fsp3) is 0.250. The molecule has 3 heterocycles. The molecule has 164 valence electrons. The fourth-order valence-electron chi connectivity index (χ4n) is 3.73. The molecular weight excluding hydrogens is 408 g/mol. The third-order valence-electron chi connectivity index (χ3n) is 5.33. The van der Waals surface area contributed by atoms with Crippen molar-refractivity contribution in [3.63, 3.8) is 0 Å². The first-order valence-electron chi connectivity index (χ1n) is 10.5. The second kappa shape index (κ2) is 9.47. The minimum absolute atomic E-state index is 0.139. The highest BCUT2D eigenvalue weighted by Gasteiger charge is 2.29. The summed E-state index contributed by atoms with van der Waals surface area (Å²) in [5.74, 6) is -0.311. The summed E-state index contributed by atoms with van der Waals surface area (Å²) in [6.07, 6.45) is 2.87. The molecule has 1 aliphatic heterocycles. The van der Waals surface area contributed by atoms with Crippen LogP contribution in [0.25, 0.3) is 0 Å². The molecule has 32 heavy (non-hydrogen) atoms. The zero-order chi connectivity index (χ0) is 22.5. The number of hydrogen-bond donors (Lipinski definition) is 2. The molecule has 1 aromatic carbocycles. The molecule has 2 aromatic heterocycles. The number of likely N-dealkylation sites (tertiary alicyclic amines) is 1. The Balaban J connectivity index is 1.40. The Morgan fingerprint density at radius 1 is 1.06 bits per heavy atom. The third kappa shape index (κ3) is 5.03. The van der Waals surface area contributed by atoms with E-state index in [2.05, 4.69) is 15.6 Å². The van der Waals surface area contributed by atoms with Gasteiger partial charge in [0.05, 0.1) is 12.2 Å². The Bertz CT molecular complexity index is 1130. The van der Waals surface area contributed by atoms with Crippen molar-refractivity contribution in [3.8, 4) is 0 Å². The van der Waals surface area contributed by atoms with Gasteiger partial charge in [0.15, 0.2) is 5.76 Å². The summed E-state index contributed by atoms with van der Waals surface area (Å²) in [4.78, 5) is 44.0. The molecule has 1 atom stereocenters. The summed E-state index contributed by atoms with van der Waals surface area (Å²) in [6.45, 7) is 2.77. The molecule has 4 rings (SSSR count). The van der Waals surface area contributed by atoms with Gasteiger partial charge in [-0.3, -0.25) is 14.4 Å². The number of anilines is 2. The number of carbonyl (C=O) groups is 3. The molecule has 0 aliphatic carbocycles. The SMILES string of the molecule is Cc1cccc(NC(=O)C2CCCN(C(=O)c3cccc(NC(=O)c4ccco4)c3)C2)n1. The number of amides is 3. The minimum Gasteiger partial charge on any atom is -0.459 e. The number of aryl methyl sites for hydroxylation is 1. The van der Waals surface area contributed by atoms with Crippen LogP contribution in [0.3, 0.4) is 0 Å². The summed E-state index contributed by atoms with van der Waals surface area (Å²) in [6, 6.07) is 15.4. The predicted octanol–water partition coefficient (Wildman–Crippen LogP) is 3.73. The predicted molar refractivity (Wildman–Crippen MR) is 119 cm³/mol. The largest absolute Gasteiger partial charge is 0.459 e. The number of furan rings is 1. The third-order valence-corrected chi connectivity index (χ3v) is 5.33. The fourth-order valence-corrected chi connectivity index (χ4v) is 3.73. The Labute approximate surface area is 185 Å². The monoisotopic (exact) mass is 432 g/mol. The van der Waals surface area contributed by atoms with E-state index in [4.69, 9.17) is 4.42 Å². The van der Waals surface area contributed by atoms with Gasteiger partial charge in [-0.2, -0.15) is 0 Å². The molecule has 0 saturated carbocycles. The number of nitrogens with one attached hydrogen (secondary N) is 2. The van der Waals surface area contributed by atoms with Crippen LogP contribution in [-0.4, -0.2) is 40.7 Å². The molecule has 0 spiro atoms. The van der Waals surface area contributed by atoms with Gasteiger partial charge in [0, 0.05) is 30.0 Å². The van der Waals surface area contributed by atoms with E-state index in [1.165, 1.54) is 6.26 Å². The first-order valence-corrected chi connectivity index (χ1v) is 10.5. The van der Waals surface area contributed by atoms with Crippen molar-refractivity contribution in [3.05, 3.63) is 77.9 Å². The van der Waals surface area contributed by atoms with E-state index in [0.717, 1.165) is 12.1 Å². The van der Waals surface area contributed by atoms with Gasteiger partial charge in [-0.15, -0.1) is 0 Å². The number of carbonyl (C=O) groups excluding carboxylic acids is 3. The summed E-state index contributed by atoms with van der Waals surface area (Å²) in [7, 11) is 0. The molecule has 1 saturated heterocycles. The molecule has 1 unspecified atom stereocenters. The molecule has 3 aromatic rings. The standard InChI is InChI=1S/C24H24N4O4/c1-16-6-2-11-21(25-16)27-22(29)18-8-4-12-28(15-18)24(31)17-7-3-9-19(14-17)26-23(30)20-10-5-13-32-20/h2-3,5-7,9-11,13-14,18H,4,8,12,15H2,1H3,(H,26,30)(H,25,27,29). The summed E-state index contributed by atoms with van der Waals surface area (Å²) < 4.78 is 5.09. The maximum atomic E-state index is 13.1. The van der Waals surface area contributed by atoms with Crippen LogP contribution in [0.5, 0.6) is 0 Å². The van der Waals surface area contributed by atoms with Gasteiger partial charge in [0.1, 0.15) is 5.82 Å². The molecule has 1 aliphatic rings. The zero-order valence-corrected chi connectivity index (χ0v) is 17.7. The van der Waals surface area contributed by atoms with Crippen molar-refractivity contribution in [2.45, 2.75) is 19.8 Å². The lowest BCUT2D eigenvalue weighted by molar-refractivity contribution is -0.121. The quantitative estimate of drug-likeness (QED) is 0.639. The van der Waals surface area contributed by atoms with Crippen molar-refractivity contribution in [1.82, 2.24) is 9.88 Å². The maximum Gasteiger partial charge on any atom is 0.291 e. The number of piperidine rings is 1. The number of nitrogens with zero attached hydrogens (tertiary/aromatic N) is 2. The van der Waals surface area contributed by atoms with Crippen molar-refractivity contribution < 1.29 is 18.8 Å². The van der Waals surface area contributed by atoms with Crippen molar-refractivity contribution in [2.24, 2.45) is 5.92 Å². The van der Waals surface area contributed by atoms with E-state index in [9.17, 15) is 14.4 Å². The van der Waals surface area contributed by atoms with Crippen LogP contribution in [0.2, 0.25) is 0 Å². The molecule has 8 nitrogen and oxygen atoms in total. The number of aromatic nitrogens is 1. The molecule has 2 N–H and O–H groups in total. The van der Waals surface area contributed by atoms with Gasteiger partial charge in [-0.05, 0) is 62.2 Å². The Morgan fingerprint density at radius 2 is 1.91 bits per heavy atom. The summed E-state index contributed by atoms with van der Waals surface area (Å²) >= 11 is 0. The van der Waals surface area contributed by atoms with Gasteiger partial charge in [0.2, 0.25) is 5.91 Å². The van der Waals surface area contributed by atoms with E-state index in [1.807, 2.05) is 19.1 Å². The maximum absolute atomic E-state index is 13.1. The van der Waals surface area contributed by atoms with E-state index >= 15 is 0 Å². The van der Waals surface area contributed by atoms with Crippen LogP contribution in [0, 0.1) is 12.8 Å². The van der Waals surface area contributed by atoms with Crippen molar-refractivity contribution in [1.29, 1.82) is 0 Å². The summed E-state index contributed by atoms with van der Waals surface area (Å²) in [5.41, 5.74) is 1.76. The topological polar surface area (TPSA) is 105 Å². The van der Waals surface area contributed by atoms with Gasteiger partial charge in [0.25, 0.3) is 11.8 Å². The number of pyridine rings is 1. The van der Waals surface area contributed by atoms with Crippen molar-refractivity contribution in [2.75, 3.05) is 23.7 Å². The highest BCUT2D eigenvalue weighted by Crippen LogP contribution is 2.22. The van der Waals surface area contributed by atoms with E-state index < -0.39 is 0 Å². The van der Waals surface area contributed by atoms with Crippen LogP contribution in [0.1, 0.15) is 39.4 Å². The first-order chi connectivity index (χ1) is 15.5. The number of rotatable bonds is 5. The number of hydrogen-bond acceptors (Lipinski definition) is 5. The van der Waals surface area contributed by atoms with Crippen LogP contribution >= 0.6 is 0 Å². The van der Waals surface area contributed by atoms with Crippen LogP contribution in [-0.2, 0) is 4.79 Å². The van der Waals surface area contributed by atoms with Gasteiger partial charge in [-0.1, -0.05) is 12.1 Å². The molecule has 0 radical (unpaired) electrons. The lowest BCUT2D eigenvalue weighted by Crippen LogP contribution is -2.43. The van der Waals surface area contributed by atoms with Crippen LogP contribution in [0.15, 0.2) is 65.3 Å². The van der Waals surface area contributed by atoms with Crippen LogP contribution in [0.4, 0.5) is 11.5 Å². The van der Waals surface area contributed by atoms with Gasteiger partial charge in [-0.25, -0.2) is 4.98 Å². The average Bonchev–Trinajstić information content (AvgIpc) is 3.34. The minimum atomic E-state index is -0.390. The second-order valence-electron chi connectivity index (χ2n) is 7.76. The Kier molecular flexibility index (Phi) is 6.30. The molecule has 8 heteroatoms. The Hall–Kier alpha value is -3.94. The smallest absolute Gasteiger partial charge is 0.291 e. The first kappa shape index (κ1) is 21.3. The average molecular weight is 432 g/mol. The van der Waals surface area contributed by atoms with Crippen LogP contribution < -0.4 is 10.6 Å². The zero-order valence-electron chi connectivity index (χ0n) is 17.7. The van der Waals surface area contributed by atoms with E-state index in [0.29, 0.717) is 36.6 Å². The molecular formula is C24H24N4O4.